The van der Waals surface area contributed by atoms with E-state index in [1.165, 1.54) is 10.4 Å². The van der Waals surface area contributed by atoms with Crippen LogP contribution in [0.1, 0.15) is 25.7 Å². The molecule has 5 nitrogen and oxygen atoms in total. The fraction of sp³-hybridized carbons (Fsp3) is 0.538. The Hall–Kier alpha value is -1.11. The number of nitrogens with zero attached hydrogens (tertiary/aromatic N) is 1. The summed E-state index contributed by atoms with van der Waals surface area (Å²) in [6.45, 7) is 0.299. The zero-order valence-electron chi connectivity index (χ0n) is 10.8. The zero-order valence-corrected chi connectivity index (χ0v) is 11.6. The molecule has 1 aromatic rings. The largest absolute Gasteiger partial charge is 0.398 e. The van der Waals surface area contributed by atoms with Crippen LogP contribution in [-0.2, 0) is 10.0 Å². The van der Waals surface area contributed by atoms with E-state index in [0.29, 0.717) is 13.0 Å². The summed E-state index contributed by atoms with van der Waals surface area (Å²) in [6.07, 6.45) is 3.46. The van der Waals surface area contributed by atoms with E-state index in [1.54, 1.807) is 18.2 Å². The van der Waals surface area contributed by atoms with Gasteiger partial charge in [0.2, 0.25) is 10.0 Å². The number of hydrogen-bond donors (Lipinski definition) is 2. The Morgan fingerprint density at radius 1 is 1.26 bits per heavy atom. The molecule has 1 aliphatic heterocycles. The molecule has 0 spiro atoms. The highest BCUT2D eigenvalue weighted by molar-refractivity contribution is 7.89. The summed E-state index contributed by atoms with van der Waals surface area (Å²) in [5, 5.41) is 9.43. The molecule has 0 saturated carbocycles. The summed E-state index contributed by atoms with van der Waals surface area (Å²) in [6, 6.07) is 6.13. The average molecular weight is 284 g/mol. The lowest BCUT2D eigenvalue weighted by Crippen LogP contribution is -2.42. The summed E-state index contributed by atoms with van der Waals surface area (Å²) in [4.78, 5) is 0.135. The number of para-hydroxylation sites is 1. The summed E-state index contributed by atoms with van der Waals surface area (Å²) >= 11 is 0. The maximum absolute atomic E-state index is 12.7. The lowest BCUT2D eigenvalue weighted by Gasteiger charge is -2.28. The van der Waals surface area contributed by atoms with Crippen LogP contribution in [0.25, 0.3) is 0 Å². The summed E-state index contributed by atoms with van der Waals surface area (Å²) in [5.74, 6) is 0. The highest BCUT2D eigenvalue weighted by Gasteiger charge is 2.32. The van der Waals surface area contributed by atoms with Gasteiger partial charge >= 0.3 is 0 Å². The average Bonchev–Trinajstić information content (AvgIpc) is 2.64. The van der Waals surface area contributed by atoms with Gasteiger partial charge in [0, 0.05) is 12.6 Å². The predicted molar refractivity (Wildman–Crippen MR) is 74.1 cm³/mol. The van der Waals surface area contributed by atoms with Gasteiger partial charge < -0.3 is 10.8 Å². The highest BCUT2D eigenvalue weighted by Crippen LogP contribution is 2.27. The molecule has 6 heteroatoms. The van der Waals surface area contributed by atoms with Gasteiger partial charge in [0.05, 0.1) is 12.3 Å². The first-order valence-electron chi connectivity index (χ1n) is 6.54. The Labute approximate surface area is 114 Å². The molecule has 1 heterocycles. The topological polar surface area (TPSA) is 83.6 Å². The van der Waals surface area contributed by atoms with Crippen molar-refractivity contribution in [2.24, 2.45) is 0 Å². The van der Waals surface area contributed by atoms with Gasteiger partial charge in [-0.05, 0) is 25.0 Å². The maximum Gasteiger partial charge on any atom is 0.245 e. The predicted octanol–water partition coefficient (Wildman–Crippen LogP) is 1.19. The van der Waals surface area contributed by atoms with Gasteiger partial charge in [0.1, 0.15) is 4.90 Å². The Bertz CT molecular complexity index is 530. The monoisotopic (exact) mass is 284 g/mol. The number of aliphatic hydroxyl groups is 1. The third kappa shape index (κ3) is 2.91. The number of anilines is 1. The minimum Gasteiger partial charge on any atom is -0.398 e. The lowest BCUT2D eigenvalue weighted by molar-refractivity contribution is 0.186. The van der Waals surface area contributed by atoms with Crippen LogP contribution in [0.3, 0.4) is 0 Å². The van der Waals surface area contributed by atoms with Crippen LogP contribution in [0.4, 0.5) is 5.69 Å². The van der Waals surface area contributed by atoms with E-state index in [1.807, 2.05) is 0 Å². The first-order valence-corrected chi connectivity index (χ1v) is 7.98. The zero-order chi connectivity index (χ0) is 13.9. The molecular formula is C13H20N2O3S. The van der Waals surface area contributed by atoms with Gasteiger partial charge in [-0.15, -0.1) is 0 Å². The Balaban J connectivity index is 2.39. The minimum absolute atomic E-state index is 0.135. The summed E-state index contributed by atoms with van der Waals surface area (Å²) < 4.78 is 26.7. The van der Waals surface area contributed by atoms with Crippen molar-refractivity contribution >= 4 is 15.7 Å². The lowest BCUT2D eigenvalue weighted by atomic mass is 10.1. The third-order valence-electron chi connectivity index (χ3n) is 3.54. The quantitative estimate of drug-likeness (QED) is 0.817. The fourth-order valence-electron chi connectivity index (χ4n) is 2.49. The van der Waals surface area contributed by atoms with Crippen molar-refractivity contribution in [2.45, 2.75) is 36.6 Å². The molecule has 106 valence electrons. The molecule has 2 rings (SSSR count). The van der Waals surface area contributed by atoms with Gasteiger partial charge in [-0.3, -0.25) is 0 Å². The first-order chi connectivity index (χ1) is 9.07. The Morgan fingerprint density at radius 3 is 2.68 bits per heavy atom. The molecule has 19 heavy (non-hydrogen) atoms. The van der Waals surface area contributed by atoms with Gasteiger partial charge in [-0.25, -0.2) is 8.42 Å². The van der Waals surface area contributed by atoms with Crippen molar-refractivity contribution in [1.29, 1.82) is 0 Å². The van der Waals surface area contributed by atoms with Gasteiger partial charge in [0.25, 0.3) is 0 Å². The van der Waals surface area contributed by atoms with E-state index >= 15 is 0 Å². The molecular weight excluding hydrogens is 264 g/mol. The fourth-order valence-corrected chi connectivity index (χ4v) is 4.29. The van der Waals surface area contributed by atoms with Crippen LogP contribution in [0.2, 0.25) is 0 Å². The number of nitrogens with two attached hydrogens (primary N) is 1. The number of benzene rings is 1. The highest BCUT2D eigenvalue weighted by atomic mass is 32.2. The second-order valence-corrected chi connectivity index (χ2v) is 6.70. The van der Waals surface area contributed by atoms with Crippen molar-refractivity contribution in [3.05, 3.63) is 24.3 Å². The van der Waals surface area contributed by atoms with Crippen molar-refractivity contribution in [3.8, 4) is 0 Å². The van der Waals surface area contributed by atoms with Gasteiger partial charge in [0.15, 0.2) is 0 Å². The van der Waals surface area contributed by atoms with E-state index in [9.17, 15) is 13.5 Å². The number of aliphatic hydroxyl groups excluding tert-OH is 1. The third-order valence-corrected chi connectivity index (χ3v) is 5.57. The standard InChI is InChI=1S/C13H20N2O3S/c14-12-7-3-4-8-13(12)19(17,18)15-9-5-1-2-6-11(15)10-16/h3-4,7-8,11,16H,1-2,5-6,9-10,14H2. The molecule has 0 bridgehead atoms. The van der Waals surface area contributed by atoms with Gasteiger partial charge in [-0.2, -0.15) is 4.31 Å². The summed E-state index contributed by atoms with van der Waals surface area (Å²) in [7, 11) is -3.63. The molecule has 3 N–H and O–H groups in total. The smallest absolute Gasteiger partial charge is 0.245 e. The second-order valence-electron chi connectivity index (χ2n) is 4.84. The van der Waals surface area contributed by atoms with Crippen LogP contribution in [0.15, 0.2) is 29.2 Å². The molecule has 1 atom stereocenters. The van der Waals surface area contributed by atoms with E-state index in [4.69, 9.17) is 5.73 Å². The normalized spacial score (nSPS) is 22.1. The van der Waals surface area contributed by atoms with Crippen LogP contribution in [0, 0.1) is 0 Å². The molecule has 0 radical (unpaired) electrons. The van der Waals surface area contributed by atoms with Crippen LogP contribution < -0.4 is 5.73 Å². The number of nitrogen functional groups attached to an aromatic ring is 1. The number of sulfonamides is 1. The molecule has 0 aromatic heterocycles. The number of hydrogen-bond acceptors (Lipinski definition) is 4. The van der Waals surface area contributed by atoms with Gasteiger partial charge in [-0.1, -0.05) is 25.0 Å². The van der Waals surface area contributed by atoms with Crippen molar-refractivity contribution < 1.29 is 13.5 Å². The van der Waals surface area contributed by atoms with Crippen LogP contribution in [0.5, 0.6) is 0 Å². The molecule has 1 saturated heterocycles. The SMILES string of the molecule is Nc1ccccc1S(=O)(=O)N1CCCCCC1CO. The van der Waals surface area contributed by atoms with Crippen LogP contribution in [-0.4, -0.2) is 37.0 Å². The van der Waals surface area contributed by atoms with E-state index < -0.39 is 10.0 Å². The second kappa shape index (κ2) is 5.90. The van der Waals surface area contributed by atoms with E-state index in [0.717, 1.165) is 19.3 Å². The maximum atomic E-state index is 12.7. The van der Waals surface area contributed by atoms with Crippen LogP contribution >= 0.6 is 0 Å². The first kappa shape index (κ1) is 14.3. The van der Waals surface area contributed by atoms with Crippen molar-refractivity contribution in [3.63, 3.8) is 0 Å². The molecule has 1 aromatic carbocycles. The Kier molecular flexibility index (Phi) is 4.44. The van der Waals surface area contributed by atoms with E-state index in [2.05, 4.69) is 0 Å². The Morgan fingerprint density at radius 2 is 2.00 bits per heavy atom. The molecule has 0 aliphatic carbocycles. The van der Waals surface area contributed by atoms with E-state index in [-0.39, 0.29) is 23.2 Å². The number of rotatable bonds is 3. The minimum atomic E-state index is -3.63. The molecule has 0 amide bonds. The van der Waals surface area contributed by atoms with Crippen molar-refractivity contribution in [1.82, 2.24) is 4.31 Å². The summed E-state index contributed by atoms with van der Waals surface area (Å²) in [5.41, 5.74) is 6.02. The van der Waals surface area contributed by atoms with Crippen molar-refractivity contribution in [2.75, 3.05) is 18.9 Å². The molecule has 1 unspecified atom stereocenters. The molecule has 1 aliphatic rings. The molecule has 1 fully saturated rings.